The molecular weight excluding hydrogens is 1790 g/mol. The van der Waals surface area contributed by atoms with Gasteiger partial charge >= 0.3 is 0 Å². The lowest BCUT2D eigenvalue weighted by molar-refractivity contribution is 0.953. The van der Waals surface area contributed by atoms with Gasteiger partial charge in [0.25, 0.3) is 0 Å². The van der Waals surface area contributed by atoms with Crippen LogP contribution in [0.4, 0.5) is 0 Å². The molecule has 21 aromatic carbocycles. The molecule has 27 aromatic rings. The Hall–Kier alpha value is -20.0. The number of rotatable bonds is 18. The fraction of sp³-hybridized carbons (Fsp3) is 0. The fourth-order valence-corrected chi connectivity index (χ4v) is 20.1. The number of hydrogen-bond donors (Lipinski definition) is 0. The maximum Gasteiger partial charge on any atom is 0.238 e. The van der Waals surface area contributed by atoms with Gasteiger partial charge < -0.3 is 0 Å². The molecule has 27 rings (SSSR count). The predicted molar refractivity (Wildman–Crippen MR) is 604 cm³/mol. The summed E-state index contributed by atoms with van der Waals surface area (Å²) in [5, 5.41) is 6.90. The Morgan fingerprint density at radius 3 is 0.524 bits per heavy atom. The van der Waals surface area contributed by atoms with Crippen molar-refractivity contribution in [2.75, 3.05) is 0 Å². The smallest absolute Gasteiger partial charge is 0.238 e. The average Bonchev–Trinajstić information content (AvgIpc) is 1.59. The summed E-state index contributed by atoms with van der Waals surface area (Å²) < 4.78 is 6.63. The highest BCUT2D eigenvalue weighted by molar-refractivity contribution is 6.16. The van der Waals surface area contributed by atoms with Crippen LogP contribution in [0.15, 0.2) is 546 Å². The van der Waals surface area contributed by atoms with Gasteiger partial charge in [-0.3, -0.25) is 13.7 Å². The second-order valence-corrected chi connectivity index (χ2v) is 36.3. The van der Waals surface area contributed by atoms with Crippen LogP contribution in [0.1, 0.15) is 0 Å². The van der Waals surface area contributed by atoms with Crippen molar-refractivity contribution in [1.29, 1.82) is 0 Å². The Morgan fingerprint density at radius 1 is 0.109 bits per heavy atom. The Balaban J connectivity index is 0.000000116. The van der Waals surface area contributed by atoms with E-state index in [9.17, 15) is 0 Å². The first kappa shape index (κ1) is 88.5. The van der Waals surface area contributed by atoms with Gasteiger partial charge in [-0.25, -0.2) is 15.0 Å². The number of fused-ring (bicyclic) bond motifs is 9. The molecule has 0 spiro atoms. The standard InChI is InChI=1S/C51H34N4.C45H30N4.C39H26N4/c1-4-14-35(15-5-1)37-26-28-38(29-27-37)39-30-32-40(33-31-39)44-23-13-24-46-45-22-10-11-25-47(45)55(48(44)46)51-53-49(41-18-8-3-9-19-41)52-50(54-51)43-21-12-20-42(34-43)36-16-6-2-7-17-36;1-4-14-31(15-5-1)33-26-28-34(29-27-33)38-23-13-24-40-39-22-10-11-25-41(39)49(42(38)40)45-47-43(35-18-8-3-9-19-35)46-44(48-45)37-21-12-20-36(30-37)32-16-6-2-7-17-32;1-4-14-27(15-5-1)30-20-12-21-31(26-30)38-40-37(29-18-8-3-9-19-29)41-39(42-38)43-35-25-11-10-22-33(35)34-24-13-23-32(36(34)43)28-16-6-2-7-17-28/h1-34H;1-30H;1-26H. The van der Waals surface area contributed by atoms with Crippen LogP contribution in [0.25, 0.3) is 252 Å². The molecule has 147 heavy (non-hydrogen) atoms. The molecular formula is C135H90N12. The molecule has 12 nitrogen and oxygen atoms in total. The molecule has 12 heteroatoms. The van der Waals surface area contributed by atoms with E-state index < -0.39 is 0 Å². The molecule has 0 bridgehead atoms. The highest BCUT2D eigenvalue weighted by Crippen LogP contribution is 2.45. The Labute approximate surface area is 850 Å². The summed E-state index contributed by atoms with van der Waals surface area (Å²) in [5.74, 6) is 5.49. The van der Waals surface area contributed by atoms with Crippen LogP contribution < -0.4 is 0 Å². The van der Waals surface area contributed by atoms with E-state index in [4.69, 9.17) is 44.9 Å². The van der Waals surface area contributed by atoms with E-state index in [1.54, 1.807) is 0 Å². The zero-order valence-corrected chi connectivity index (χ0v) is 79.8. The normalized spacial score (nSPS) is 11.3. The van der Waals surface area contributed by atoms with Gasteiger partial charge in [-0.05, 0) is 120 Å². The van der Waals surface area contributed by atoms with E-state index in [1.807, 2.05) is 97.1 Å². The topological polar surface area (TPSA) is 131 Å². The number of aromatic nitrogens is 12. The molecule has 0 fully saturated rings. The molecule has 0 saturated carbocycles. The van der Waals surface area contributed by atoms with Crippen LogP contribution in [0.3, 0.4) is 0 Å². The van der Waals surface area contributed by atoms with Crippen molar-refractivity contribution in [3.8, 4) is 186 Å². The summed E-state index contributed by atoms with van der Waals surface area (Å²) in [6.07, 6.45) is 0. The maximum absolute atomic E-state index is 5.26. The molecule has 0 aliphatic heterocycles. The molecule has 0 radical (unpaired) electrons. The number of nitrogens with zero attached hydrogens (tertiary/aromatic N) is 12. The minimum Gasteiger partial charge on any atom is -0.277 e. The molecule has 0 aliphatic carbocycles. The summed E-state index contributed by atoms with van der Waals surface area (Å²) in [5.41, 5.74) is 32.6. The number of benzene rings is 21. The molecule has 0 aliphatic rings. The first-order valence-corrected chi connectivity index (χ1v) is 49.4. The molecule has 0 atom stereocenters. The van der Waals surface area contributed by atoms with E-state index in [1.165, 1.54) is 33.4 Å². The third-order valence-electron chi connectivity index (χ3n) is 27.2. The van der Waals surface area contributed by atoms with Crippen molar-refractivity contribution in [2.24, 2.45) is 0 Å². The zero-order valence-electron chi connectivity index (χ0n) is 79.8. The van der Waals surface area contributed by atoms with Gasteiger partial charge in [0.1, 0.15) is 0 Å². The highest BCUT2D eigenvalue weighted by Gasteiger charge is 2.27. The highest BCUT2D eigenvalue weighted by atomic mass is 15.2. The predicted octanol–water partition coefficient (Wildman–Crippen LogP) is 33.9. The van der Waals surface area contributed by atoms with E-state index in [0.717, 1.165) is 166 Å². The van der Waals surface area contributed by atoms with Crippen LogP contribution in [0, 0.1) is 0 Å². The van der Waals surface area contributed by atoms with Crippen molar-refractivity contribution in [1.82, 2.24) is 58.6 Å². The summed E-state index contributed by atoms with van der Waals surface area (Å²) >= 11 is 0. The zero-order chi connectivity index (χ0) is 97.7. The number of hydrogen-bond acceptors (Lipinski definition) is 9. The van der Waals surface area contributed by atoms with E-state index in [0.29, 0.717) is 52.8 Å². The molecule has 6 aromatic heterocycles. The van der Waals surface area contributed by atoms with Gasteiger partial charge in [0.15, 0.2) is 34.9 Å². The molecule has 0 amide bonds. The fourth-order valence-electron chi connectivity index (χ4n) is 20.1. The monoisotopic (exact) mass is 1880 g/mol. The Kier molecular flexibility index (Phi) is 23.8. The second kappa shape index (κ2) is 39.6. The Morgan fingerprint density at radius 2 is 0.272 bits per heavy atom. The third kappa shape index (κ3) is 17.7. The van der Waals surface area contributed by atoms with Gasteiger partial charge in [-0.2, -0.15) is 29.9 Å². The molecule has 0 saturated heterocycles. The van der Waals surface area contributed by atoms with Gasteiger partial charge in [-0.15, -0.1) is 0 Å². The molecule has 0 N–H and O–H groups in total. The van der Waals surface area contributed by atoms with Gasteiger partial charge in [-0.1, -0.05) is 510 Å². The lowest BCUT2D eigenvalue weighted by Gasteiger charge is -2.13. The van der Waals surface area contributed by atoms with E-state index in [-0.39, 0.29) is 0 Å². The molecule has 690 valence electrons. The van der Waals surface area contributed by atoms with Crippen LogP contribution in [-0.4, -0.2) is 58.6 Å². The van der Waals surface area contributed by atoms with Crippen molar-refractivity contribution >= 4 is 65.4 Å². The lowest BCUT2D eigenvalue weighted by atomic mass is 9.97. The first-order chi connectivity index (χ1) is 72.9. The summed E-state index contributed by atoms with van der Waals surface area (Å²) in [4.78, 5) is 46.4. The molecule has 6 heterocycles. The van der Waals surface area contributed by atoms with E-state index in [2.05, 4.69) is 463 Å². The van der Waals surface area contributed by atoms with Gasteiger partial charge in [0.2, 0.25) is 17.8 Å². The minimum atomic E-state index is 0.572. The quantitative estimate of drug-likeness (QED) is 0.0824. The third-order valence-corrected chi connectivity index (χ3v) is 27.2. The van der Waals surface area contributed by atoms with Crippen molar-refractivity contribution in [3.05, 3.63) is 546 Å². The summed E-state index contributed by atoms with van der Waals surface area (Å²) in [7, 11) is 0. The average molecular weight is 1880 g/mol. The van der Waals surface area contributed by atoms with Crippen molar-refractivity contribution in [3.63, 3.8) is 0 Å². The van der Waals surface area contributed by atoms with E-state index >= 15 is 0 Å². The summed E-state index contributed by atoms with van der Waals surface area (Å²) in [6.45, 7) is 0. The first-order valence-electron chi connectivity index (χ1n) is 49.4. The van der Waals surface area contributed by atoms with Crippen LogP contribution in [-0.2, 0) is 0 Å². The second-order valence-electron chi connectivity index (χ2n) is 36.3. The number of para-hydroxylation sites is 6. The van der Waals surface area contributed by atoms with Crippen molar-refractivity contribution < 1.29 is 0 Å². The summed E-state index contributed by atoms with van der Waals surface area (Å²) in [6, 6.07) is 190. The largest absolute Gasteiger partial charge is 0.277 e. The van der Waals surface area contributed by atoms with Crippen LogP contribution in [0.5, 0.6) is 0 Å². The maximum atomic E-state index is 5.26. The Bertz CT molecular complexity index is 9460. The van der Waals surface area contributed by atoms with Gasteiger partial charge in [0, 0.05) is 82.4 Å². The SMILES string of the molecule is c1ccc(-c2ccc(-c3ccc(-c4cccc5c6ccccc6n(-c6nc(-c7ccccc7)nc(-c7cccc(-c8ccccc8)c7)n6)c45)cc3)cc2)cc1.c1ccc(-c2ccc(-c3cccc4c5ccccc5n(-c5nc(-c6ccccc6)nc(-c6cccc(-c7ccccc7)c6)n5)c34)cc2)cc1.c1ccc(-c2cccc(-c3nc(-c4ccccc4)nc(-n4c5ccccc5c5cccc(-c6ccccc6)c54)n3)c2)cc1. The minimum absolute atomic E-state index is 0.572. The molecule has 0 unspecified atom stereocenters. The van der Waals surface area contributed by atoms with Gasteiger partial charge in [0.05, 0.1) is 33.1 Å². The van der Waals surface area contributed by atoms with Crippen molar-refractivity contribution in [2.45, 2.75) is 0 Å². The lowest BCUT2D eigenvalue weighted by Crippen LogP contribution is -2.07. The van der Waals surface area contributed by atoms with Crippen LogP contribution >= 0.6 is 0 Å². The van der Waals surface area contributed by atoms with Crippen LogP contribution in [0.2, 0.25) is 0 Å².